The first-order chi connectivity index (χ1) is 10.0. The normalized spacial score (nSPS) is 12.1. The van der Waals surface area contributed by atoms with E-state index in [9.17, 15) is 9.59 Å². The molecule has 0 aliphatic carbocycles. The molecule has 0 aromatic carbocycles. The first-order valence-corrected chi connectivity index (χ1v) is 6.76. The van der Waals surface area contributed by atoms with Gasteiger partial charge in [0.1, 0.15) is 0 Å². The SMILES string of the molecule is CCC(C(C)=O)n1ccnc(NCc2cc(C)no2)c1=O. The van der Waals surface area contributed by atoms with Gasteiger partial charge in [0, 0.05) is 18.5 Å². The van der Waals surface area contributed by atoms with E-state index in [-0.39, 0.29) is 17.2 Å². The topological polar surface area (TPSA) is 90.0 Å². The van der Waals surface area contributed by atoms with Gasteiger partial charge in [-0.3, -0.25) is 9.59 Å². The minimum atomic E-state index is -0.464. The first-order valence-electron chi connectivity index (χ1n) is 6.76. The van der Waals surface area contributed by atoms with Crippen LogP contribution < -0.4 is 10.9 Å². The molecule has 2 aromatic rings. The third-order valence-electron chi connectivity index (χ3n) is 3.17. The molecule has 0 radical (unpaired) electrons. The molecule has 2 heterocycles. The number of aromatic nitrogens is 3. The van der Waals surface area contributed by atoms with Crippen LogP contribution in [0.2, 0.25) is 0 Å². The molecule has 0 amide bonds. The highest BCUT2D eigenvalue weighted by Crippen LogP contribution is 2.11. The van der Waals surface area contributed by atoms with Crippen molar-refractivity contribution in [1.82, 2.24) is 14.7 Å². The van der Waals surface area contributed by atoms with Crippen molar-refractivity contribution < 1.29 is 9.32 Å². The molecule has 7 heteroatoms. The van der Waals surface area contributed by atoms with Crippen LogP contribution >= 0.6 is 0 Å². The number of carbonyl (C=O) groups excluding carboxylic acids is 1. The van der Waals surface area contributed by atoms with Crippen molar-refractivity contribution in [2.24, 2.45) is 0 Å². The van der Waals surface area contributed by atoms with Crippen LogP contribution in [0.15, 0.2) is 27.8 Å². The maximum atomic E-state index is 12.3. The van der Waals surface area contributed by atoms with Gasteiger partial charge in [-0.25, -0.2) is 4.98 Å². The number of ketones is 1. The first kappa shape index (κ1) is 15.0. The summed E-state index contributed by atoms with van der Waals surface area (Å²) >= 11 is 0. The second-order valence-corrected chi connectivity index (χ2v) is 4.81. The van der Waals surface area contributed by atoms with E-state index in [4.69, 9.17) is 4.52 Å². The molecule has 0 bridgehead atoms. The van der Waals surface area contributed by atoms with Crippen molar-refractivity contribution in [2.75, 3.05) is 5.32 Å². The van der Waals surface area contributed by atoms with Crippen LogP contribution in [0.3, 0.4) is 0 Å². The number of nitrogens with one attached hydrogen (secondary N) is 1. The standard InChI is InChI=1S/C14H18N4O3/c1-4-12(10(3)19)18-6-5-15-13(14(18)20)16-8-11-7-9(2)17-21-11/h5-7,12H,4,8H2,1-3H3,(H,15,16). The Kier molecular flexibility index (Phi) is 4.52. The van der Waals surface area contributed by atoms with E-state index in [1.54, 1.807) is 6.07 Å². The lowest BCUT2D eigenvalue weighted by atomic mass is 10.1. The number of anilines is 1. The molecule has 7 nitrogen and oxygen atoms in total. The Labute approximate surface area is 122 Å². The molecule has 0 saturated carbocycles. The zero-order valence-corrected chi connectivity index (χ0v) is 12.3. The summed E-state index contributed by atoms with van der Waals surface area (Å²) in [4.78, 5) is 28.0. The summed E-state index contributed by atoms with van der Waals surface area (Å²) in [5.41, 5.74) is 0.448. The molecule has 112 valence electrons. The molecule has 1 N–H and O–H groups in total. The largest absolute Gasteiger partial charge is 0.359 e. The van der Waals surface area contributed by atoms with Crippen LogP contribution in [0.4, 0.5) is 5.82 Å². The third-order valence-corrected chi connectivity index (χ3v) is 3.17. The highest BCUT2D eigenvalue weighted by atomic mass is 16.5. The molecular formula is C14H18N4O3. The Morgan fingerprint density at radius 1 is 1.52 bits per heavy atom. The van der Waals surface area contributed by atoms with Crippen molar-refractivity contribution in [3.63, 3.8) is 0 Å². The lowest BCUT2D eigenvalue weighted by Gasteiger charge is -2.15. The van der Waals surface area contributed by atoms with E-state index in [0.29, 0.717) is 18.7 Å². The lowest BCUT2D eigenvalue weighted by Crippen LogP contribution is -2.30. The Morgan fingerprint density at radius 3 is 2.86 bits per heavy atom. The summed E-state index contributed by atoms with van der Waals surface area (Å²) in [7, 11) is 0. The molecule has 21 heavy (non-hydrogen) atoms. The van der Waals surface area contributed by atoms with E-state index >= 15 is 0 Å². The summed E-state index contributed by atoms with van der Waals surface area (Å²) in [5.74, 6) is 0.747. The summed E-state index contributed by atoms with van der Waals surface area (Å²) in [6, 6.07) is 1.31. The monoisotopic (exact) mass is 290 g/mol. The number of rotatable bonds is 6. The Morgan fingerprint density at radius 2 is 2.29 bits per heavy atom. The van der Waals surface area contributed by atoms with Gasteiger partial charge in [0.25, 0.3) is 5.56 Å². The molecule has 1 unspecified atom stereocenters. The smallest absolute Gasteiger partial charge is 0.293 e. The van der Waals surface area contributed by atoms with Crippen molar-refractivity contribution in [2.45, 2.75) is 39.8 Å². The zero-order chi connectivity index (χ0) is 15.4. The number of Topliss-reactive ketones (excluding diaryl/α,β-unsaturated/α-hetero) is 1. The van der Waals surface area contributed by atoms with E-state index in [2.05, 4.69) is 15.5 Å². The summed E-state index contributed by atoms with van der Waals surface area (Å²) in [5, 5.41) is 6.68. The fourth-order valence-corrected chi connectivity index (χ4v) is 2.14. The van der Waals surface area contributed by atoms with Crippen LogP contribution in [0, 0.1) is 6.92 Å². The molecule has 1 atom stereocenters. The molecule has 0 aliphatic heterocycles. The van der Waals surface area contributed by atoms with Crippen molar-refractivity contribution in [3.05, 3.63) is 40.3 Å². The minimum absolute atomic E-state index is 0.0531. The highest BCUT2D eigenvalue weighted by Gasteiger charge is 2.17. The Hall–Kier alpha value is -2.44. The van der Waals surface area contributed by atoms with Gasteiger partial charge in [0.05, 0.1) is 18.3 Å². The van der Waals surface area contributed by atoms with Gasteiger partial charge in [-0.15, -0.1) is 0 Å². The molecule has 2 rings (SSSR count). The summed E-state index contributed by atoms with van der Waals surface area (Å²) in [6.45, 7) is 5.47. The number of hydrogen-bond acceptors (Lipinski definition) is 6. The predicted octanol–water partition coefficient (Wildman–Crippen LogP) is 1.69. The number of carbonyl (C=O) groups is 1. The number of hydrogen-bond donors (Lipinski definition) is 1. The fourth-order valence-electron chi connectivity index (χ4n) is 2.14. The van der Waals surface area contributed by atoms with Crippen LogP contribution in [-0.4, -0.2) is 20.5 Å². The van der Waals surface area contributed by atoms with Gasteiger partial charge >= 0.3 is 0 Å². The Bertz CT molecular complexity index is 690. The van der Waals surface area contributed by atoms with E-state index in [1.807, 2.05) is 13.8 Å². The molecule has 0 fully saturated rings. The maximum Gasteiger partial charge on any atom is 0.293 e. The van der Waals surface area contributed by atoms with Gasteiger partial charge in [0.2, 0.25) is 0 Å². The van der Waals surface area contributed by atoms with Crippen LogP contribution in [0.1, 0.15) is 37.8 Å². The minimum Gasteiger partial charge on any atom is -0.359 e. The molecule has 0 spiro atoms. The average Bonchev–Trinajstić information content (AvgIpc) is 2.85. The van der Waals surface area contributed by atoms with Gasteiger partial charge in [-0.1, -0.05) is 12.1 Å². The van der Waals surface area contributed by atoms with Gasteiger partial charge in [0.15, 0.2) is 17.4 Å². The average molecular weight is 290 g/mol. The van der Waals surface area contributed by atoms with Gasteiger partial charge in [-0.05, 0) is 20.3 Å². The van der Waals surface area contributed by atoms with E-state index < -0.39 is 6.04 Å². The number of nitrogens with zero attached hydrogens (tertiary/aromatic N) is 3. The van der Waals surface area contributed by atoms with Crippen LogP contribution in [0.5, 0.6) is 0 Å². The second-order valence-electron chi connectivity index (χ2n) is 4.81. The summed E-state index contributed by atoms with van der Waals surface area (Å²) < 4.78 is 6.47. The highest BCUT2D eigenvalue weighted by molar-refractivity contribution is 5.79. The van der Waals surface area contributed by atoms with Crippen molar-refractivity contribution in [1.29, 1.82) is 0 Å². The summed E-state index contributed by atoms with van der Waals surface area (Å²) in [6.07, 6.45) is 3.59. The third kappa shape index (κ3) is 3.36. The van der Waals surface area contributed by atoms with Crippen LogP contribution in [-0.2, 0) is 11.3 Å². The van der Waals surface area contributed by atoms with E-state index in [0.717, 1.165) is 5.69 Å². The van der Waals surface area contributed by atoms with Crippen molar-refractivity contribution >= 4 is 11.6 Å². The fraction of sp³-hybridized carbons (Fsp3) is 0.429. The molecule has 2 aromatic heterocycles. The van der Waals surface area contributed by atoms with Gasteiger partial charge in [-0.2, -0.15) is 0 Å². The quantitative estimate of drug-likeness (QED) is 0.870. The lowest BCUT2D eigenvalue weighted by molar-refractivity contribution is -0.120. The molecule has 0 saturated heterocycles. The molecule has 0 aliphatic rings. The van der Waals surface area contributed by atoms with Gasteiger partial charge < -0.3 is 14.4 Å². The van der Waals surface area contributed by atoms with E-state index in [1.165, 1.54) is 23.9 Å². The predicted molar refractivity (Wildman–Crippen MR) is 77.1 cm³/mol. The maximum absolute atomic E-state index is 12.3. The second kappa shape index (κ2) is 6.34. The zero-order valence-electron chi connectivity index (χ0n) is 12.3. The van der Waals surface area contributed by atoms with Crippen molar-refractivity contribution in [3.8, 4) is 0 Å². The van der Waals surface area contributed by atoms with Crippen LogP contribution in [0.25, 0.3) is 0 Å². The molecular weight excluding hydrogens is 272 g/mol. The Balaban J connectivity index is 2.21. The number of aryl methyl sites for hydroxylation is 1.